The van der Waals surface area contributed by atoms with Gasteiger partial charge in [0.05, 0.1) is 11.1 Å². The lowest BCUT2D eigenvalue weighted by molar-refractivity contribution is -0.149. The van der Waals surface area contributed by atoms with E-state index in [-0.39, 0.29) is 23.6 Å². The van der Waals surface area contributed by atoms with Crippen LogP contribution < -0.4 is 0 Å². The Morgan fingerprint density at radius 3 is 2.24 bits per heavy atom. The van der Waals surface area contributed by atoms with Gasteiger partial charge in [0.25, 0.3) is 17.7 Å². The van der Waals surface area contributed by atoms with Crippen LogP contribution in [0.1, 0.15) is 39.1 Å². The molecule has 2 amide bonds. The van der Waals surface area contributed by atoms with Gasteiger partial charge in [0, 0.05) is 5.56 Å². The van der Waals surface area contributed by atoms with Crippen molar-refractivity contribution in [3.05, 3.63) is 71.1 Å². The van der Waals surface area contributed by atoms with E-state index in [0.29, 0.717) is 5.82 Å². The summed E-state index contributed by atoms with van der Waals surface area (Å²) < 4.78 is 10.3. The number of hydrogen-bond donors (Lipinski definition) is 0. The quantitative estimate of drug-likeness (QED) is 0.487. The monoisotopic (exact) mass is 391 g/mol. The number of hydrogen-bond acceptors (Lipinski definition) is 7. The summed E-state index contributed by atoms with van der Waals surface area (Å²) in [6.07, 6.45) is 0. The summed E-state index contributed by atoms with van der Waals surface area (Å²) in [5.74, 6) is -1.27. The minimum Gasteiger partial charge on any atom is -0.454 e. The topological polar surface area (TPSA) is 103 Å². The number of aromatic nitrogens is 2. The number of imide groups is 1. The smallest absolute Gasteiger partial charge is 0.329 e. The number of benzene rings is 2. The standard InChI is InChI=1S/C21H17N3O5/c1-12-7-3-4-8-14(12)18-22-17(29-23-18)11-28-21(27)13(2)24-19(25)15-9-5-6-10-16(15)20(24)26/h3-10,13H,11H2,1-2H3/t13-/m1/s1. The zero-order valence-corrected chi connectivity index (χ0v) is 15.8. The first-order valence-corrected chi connectivity index (χ1v) is 8.99. The lowest BCUT2D eigenvalue weighted by Crippen LogP contribution is -2.43. The Labute approximate surface area is 166 Å². The summed E-state index contributed by atoms with van der Waals surface area (Å²) in [4.78, 5) is 42.5. The maximum Gasteiger partial charge on any atom is 0.329 e. The van der Waals surface area contributed by atoms with E-state index in [1.165, 1.54) is 6.92 Å². The van der Waals surface area contributed by atoms with Gasteiger partial charge < -0.3 is 9.26 Å². The molecule has 29 heavy (non-hydrogen) atoms. The molecule has 2 aromatic carbocycles. The molecular weight excluding hydrogens is 374 g/mol. The average Bonchev–Trinajstić information content (AvgIpc) is 3.29. The number of esters is 1. The minimum absolute atomic E-state index is 0.117. The molecule has 2 heterocycles. The normalized spacial score (nSPS) is 14.1. The number of ether oxygens (including phenoxy) is 1. The molecule has 3 aromatic rings. The highest BCUT2D eigenvalue weighted by atomic mass is 16.6. The second-order valence-corrected chi connectivity index (χ2v) is 6.64. The summed E-state index contributed by atoms with van der Waals surface area (Å²) in [6.45, 7) is 3.11. The lowest BCUT2D eigenvalue weighted by Gasteiger charge is -2.20. The van der Waals surface area contributed by atoms with Crippen LogP contribution in [0.5, 0.6) is 0 Å². The Morgan fingerprint density at radius 2 is 1.62 bits per heavy atom. The van der Waals surface area contributed by atoms with E-state index in [4.69, 9.17) is 9.26 Å². The molecule has 8 heteroatoms. The molecule has 1 aliphatic heterocycles. The molecule has 0 aliphatic carbocycles. The average molecular weight is 391 g/mol. The highest BCUT2D eigenvalue weighted by Gasteiger charge is 2.41. The van der Waals surface area contributed by atoms with E-state index in [1.54, 1.807) is 24.3 Å². The van der Waals surface area contributed by atoms with Gasteiger partial charge in [-0.1, -0.05) is 41.6 Å². The first kappa shape index (κ1) is 18.5. The van der Waals surface area contributed by atoms with Crippen molar-refractivity contribution < 1.29 is 23.6 Å². The molecule has 0 unspecified atom stereocenters. The van der Waals surface area contributed by atoms with Crippen molar-refractivity contribution in [2.75, 3.05) is 0 Å². The predicted octanol–water partition coefficient (Wildman–Crippen LogP) is 2.77. The molecule has 1 aromatic heterocycles. The highest BCUT2D eigenvalue weighted by Crippen LogP contribution is 2.25. The van der Waals surface area contributed by atoms with Gasteiger partial charge in [0.15, 0.2) is 6.61 Å². The van der Waals surface area contributed by atoms with Gasteiger partial charge in [0.2, 0.25) is 5.82 Å². The summed E-state index contributed by atoms with van der Waals surface area (Å²) in [5, 5.41) is 3.90. The number of carbonyl (C=O) groups is 3. The molecule has 0 radical (unpaired) electrons. The molecule has 0 bridgehead atoms. The van der Waals surface area contributed by atoms with E-state index >= 15 is 0 Å². The Bertz CT molecular complexity index is 1090. The Balaban J connectivity index is 1.43. The van der Waals surface area contributed by atoms with Crippen molar-refractivity contribution >= 4 is 17.8 Å². The first-order chi connectivity index (χ1) is 14.0. The van der Waals surface area contributed by atoms with Crippen LogP contribution in [0.3, 0.4) is 0 Å². The van der Waals surface area contributed by atoms with Gasteiger partial charge in [-0.25, -0.2) is 4.79 Å². The molecule has 1 atom stereocenters. The third-order valence-electron chi connectivity index (χ3n) is 4.75. The van der Waals surface area contributed by atoms with Crippen molar-refractivity contribution in [2.24, 2.45) is 0 Å². The highest BCUT2D eigenvalue weighted by molar-refractivity contribution is 6.22. The summed E-state index contributed by atoms with van der Waals surface area (Å²) in [5.41, 5.74) is 2.35. The van der Waals surface area contributed by atoms with Crippen LogP contribution >= 0.6 is 0 Å². The van der Waals surface area contributed by atoms with Crippen molar-refractivity contribution in [3.8, 4) is 11.4 Å². The van der Waals surface area contributed by atoms with Crippen molar-refractivity contribution in [1.82, 2.24) is 15.0 Å². The van der Waals surface area contributed by atoms with Crippen LogP contribution in [-0.4, -0.2) is 38.9 Å². The molecule has 0 saturated heterocycles. The number of amides is 2. The van der Waals surface area contributed by atoms with Gasteiger partial charge in [-0.2, -0.15) is 4.98 Å². The predicted molar refractivity (Wildman–Crippen MR) is 101 cm³/mol. The van der Waals surface area contributed by atoms with Crippen LogP contribution in [0.2, 0.25) is 0 Å². The van der Waals surface area contributed by atoms with Gasteiger partial charge in [-0.3, -0.25) is 14.5 Å². The largest absolute Gasteiger partial charge is 0.454 e. The van der Waals surface area contributed by atoms with Crippen LogP contribution in [0.15, 0.2) is 53.1 Å². The number of fused-ring (bicyclic) bond motifs is 1. The molecular formula is C21H17N3O5. The van der Waals surface area contributed by atoms with E-state index in [1.807, 2.05) is 31.2 Å². The number of nitrogens with zero attached hydrogens (tertiary/aromatic N) is 3. The first-order valence-electron chi connectivity index (χ1n) is 8.99. The summed E-state index contributed by atoms with van der Waals surface area (Å²) in [7, 11) is 0. The Kier molecular flexibility index (Phi) is 4.67. The second kappa shape index (κ2) is 7.31. The van der Waals surface area contributed by atoms with E-state index in [0.717, 1.165) is 16.0 Å². The minimum atomic E-state index is -1.08. The van der Waals surface area contributed by atoms with E-state index < -0.39 is 23.8 Å². The lowest BCUT2D eigenvalue weighted by atomic mass is 10.1. The van der Waals surface area contributed by atoms with E-state index in [2.05, 4.69) is 10.1 Å². The zero-order chi connectivity index (χ0) is 20.5. The maximum absolute atomic E-state index is 12.5. The molecule has 1 aliphatic rings. The fourth-order valence-electron chi connectivity index (χ4n) is 3.17. The SMILES string of the molecule is Cc1ccccc1-c1noc(COC(=O)[C@@H](C)N2C(=O)c3ccccc3C2=O)n1. The number of aryl methyl sites for hydroxylation is 1. The maximum atomic E-state index is 12.5. The Hall–Kier alpha value is -3.81. The van der Waals surface area contributed by atoms with Crippen molar-refractivity contribution in [1.29, 1.82) is 0 Å². The Morgan fingerprint density at radius 1 is 1.03 bits per heavy atom. The van der Waals surface area contributed by atoms with Crippen LogP contribution in [0.4, 0.5) is 0 Å². The third-order valence-corrected chi connectivity index (χ3v) is 4.75. The molecule has 0 spiro atoms. The zero-order valence-electron chi connectivity index (χ0n) is 15.8. The molecule has 8 nitrogen and oxygen atoms in total. The van der Waals surface area contributed by atoms with E-state index in [9.17, 15) is 14.4 Å². The number of rotatable bonds is 5. The third kappa shape index (κ3) is 3.29. The molecule has 0 fully saturated rings. The number of carbonyl (C=O) groups excluding carboxylic acids is 3. The molecule has 146 valence electrons. The van der Waals surface area contributed by atoms with Gasteiger partial charge in [0.1, 0.15) is 6.04 Å². The fourth-order valence-corrected chi connectivity index (χ4v) is 3.17. The van der Waals surface area contributed by atoms with Crippen LogP contribution in [0.25, 0.3) is 11.4 Å². The van der Waals surface area contributed by atoms with Gasteiger partial charge >= 0.3 is 5.97 Å². The fraction of sp³-hybridized carbons (Fsp3) is 0.190. The van der Waals surface area contributed by atoms with Gasteiger partial charge in [-0.15, -0.1) is 0 Å². The molecule has 0 N–H and O–H groups in total. The van der Waals surface area contributed by atoms with Crippen molar-refractivity contribution in [2.45, 2.75) is 26.5 Å². The van der Waals surface area contributed by atoms with Crippen LogP contribution in [0, 0.1) is 6.92 Å². The van der Waals surface area contributed by atoms with Crippen LogP contribution in [-0.2, 0) is 16.1 Å². The molecule has 4 rings (SSSR count). The molecule has 0 saturated carbocycles. The summed E-state index contributed by atoms with van der Waals surface area (Å²) >= 11 is 0. The second-order valence-electron chi connectivity index (χ2n) is 6.64. The van der Waals surface area contributed by atoms with Crippen molar-refractivity contribution in [3.63, 3.8) is 0 Å². The summed E-state index contributed by atoms with van der Waals surface area (Å²) in [6, 6.07) is 12.9. The van der Waals surface area contributed by atoms with Gasteiger partial charge in [-0.05, 0) is 31.5 Å².